The zero-order valence-corrected chi connectivity index (χ0v) is 17.9. The molecule has 0 bridgehead atoms. The Morgan fingerprint density at radius 1 is 1.17 bits per heavy atom. The van der Waals surface area contributed by atoms with E-state index in [1.165, 1.54) is 13.8 Å². The van der Waals surface area contributed by atoms with Gasteiger partial charge >= 0.3 is 6.36 Å². The molecule has 0 spiro atoms. The van der Waals surface area contributed by atoms with Gasteiger partial charge in [0.1, 0.15) is 0 Å². The third-order valence-corrected chi connectivity index (χ3v) is 4.68. The Labute approximate surface area is 174 Å². The van der Waals surface area contributed by atoms with Crippen molar-refractivity contribution in [3.63, 3.8) is 0 Å². The summed E-state index contributed by atoms with van der Waals surface area (Å²) in [5.41, 5.74) is -1.94. The topological polar surface area (TPSA) is 110 Å². The fourth-order valence-corrected chi connectivity index (χ4v) is 2.57. The number of hydrogen-bond donors (Lipinski definition) is 3. The normalized spacial score (nSPS) is 18.2. The lowest BCUT2D eigenvalue weighted by molar-refractivity contribution is -0.323. The van der Waals surface area contributed by atoms with Crippen LogP contribution in [-0.4, -0.2) is 62.1 Å². The van der Waals surface area contributed by atoms with Crippen LogP contribution in [-0.2, 0) is 23.8 Å². The Bertz CT molecular complexity index is 603. The van der Waals surface area contributed by atoms with Crippen molar-refractivity contribution in [3.05, 3.63) is 0 Å². The van der Waals surface area contributed by atoms with E-state index in [2.05, 4.69) is 15.4 Å². The molecule has 1 aliphatic heterocycles. The minimum absolute atomic E-state index is 0.0907. The largest absolute Gasteiger partial charge is 0.522 e. The quantitative estimate of drug-likeness (QED) is 0.337. The summed E-state index contributed by atoms with van der Waals surface area (Å²) in [6.45, 7) is 6.31. The highest BCUT2D eigenvalue weighted by atomic mass is 19.4. The molecule has 1 unspecified atom stereocenters. The van der Waals surface area contributed by atoms with Crippen molar-refractivity contribution in [1.29, 1.82) is 5.41 Å². The van der Waals surface area contributed by atoms with Crippen LogP contribution in [0.4, 0.5) is 13.2 Å². The van der Waals surface area contributed by atoms with Gasteiger partial charge in [0.25, 0.3) is 0 Å². The zero-order chi connectivity index (χ0) is 23.0. The highest BCUT2D eigenvalue weighted by Crippen LogP contribution is 2.23. The van der Waals surface area contributed by atoms with E-state index in [9.17, 15) is 22.8 Å². The number of rotatable bonds is 11. The minimum atomic E-state index is -4.75. The number of carbonyl (C=O) groups excluding carboxylic acids is 2. The number of imide groups is 1. The summed E-state index contributed by atoms with van der Waals surface area (Å²) >= 11 is 0. The first-order valence-corrected chi connectivity index (χ1v) is 9.84. The number of nitrogens with one attached hydrogen (secondary N) is 3. The van der Waals surface area contributed by atoms with Gasteiger partial charge in [-0.25, -0.2) is 0 Å². The van der Waals surface area contributed by atoms with Crippen LogP contribution in [0, 0.1) is 10.8 Å². The Hall–Kier alpha value is -1.56. The van der Waals surface area contributed by atoms with Gasteiger partial charge in [-0.2, -0.15) is 0 Å². The Morgan fingerprint density at radius 2 is 1.83 bits per heavy atom. The molecule has 11 heteroatoms. The maximum atomic E-state index is 12.3. The summed E-state index contributed by atoms with van der Waals surface area (Å²) in [6.07, 6.45) is -2.57. The standard InChI is InChI=1S/C19H32F3N3O5/c1-17(2,12-29-15-7-5-6-9-28-15)13(23)11-14(26)25-16(27)18(3,4)24-8-10-30-19(20,21)22/h15,23-24H,5-12H2,1-4H3,(H,25,26,27). The van der Waals surface area contributed by atoms with E-state index in [0.717, 1.165) is 19.3 Å². The third kappa shape index (κ3) is 9.96. The molecule has 30 heavy (non-hydrogen) atoms. The maximum absolute atomic E-state index is 12.3. The smallest absolute Gasteiger partial charge is 0.353 e. The molecule has 2 amide bonds. The summed E-state index contributed by atoms with van der Waals surface area (Å²) < 4.78 is 50.7. The molecule has 1 saturated heterocycles. The lowest BCUT2D eigenvalue weighted by atomic mass is 9.86. The van der Waals surface area contributed by atoms with Gasteiger partial charge in [-0.1, -0.05) is 13.8 Å². The molecule has 1 heterocycles. The molecule has 1 rings (SSSR count). The number of amides is 2. The van der Waals surface area contributed by atoms with Gasteiger partial charge in [-0.15, -0.1) is 13.2 Å². The predicted molar refractivity (Wildman–Crippen MR) is 103 cm³/mol. The molecule has 1 aliphatic rings. The van der Waals surface area contributed by atoms with Crippen LogP contribution in [0.5, 0.6) is 0 Å². The van der Waals surface area contributed by atoms with Crippen LogP contribution < -0.4 is 10.6 Å². The van der Waals surface area contributed by atoms with Gasteiger partial charge in [0.2, 0.25) is 11.8 Å². The summed E-state index contributed by atoms with van der Waals surface area (Å²) in [7, 11) is 0. The van der Waals surface area contributed by atoms with E-state index in [1.807, 2.05) is 0 Å². The van der Waals surface area contributed by atoms with E-state index in [4.69, 9.17) is 14.9 Å². The third-order valence-electron chi connectivity index (χ3n) is 4.68. The van der Waals surface area contributed by atoms with Crippen LogP contribution in [0.15, 0.2) is 0 Å². The maximum Gasteiger partial charge on any atom is 0.522 e. The zero-order valence-electron chi connectivity index (χ0n) is 17.9. The first-order valence-electron chi connectivity index (χ1n) is 9.84. The van der Waals surface area contributed by atoms with Crippen molar-refractivity contribution in [2.24, 2.45) is 5.41 Å². The summed E-state index contributed by atoms with van der Waals surface area (Å²) in [6, 6.07) is 0. The van der Waals surface area contributed by atoms with Gasteiger partial charge in [-0.05, 0) is 33.1 Å². The molecule has 174 valence electrons. The van der Waals surface area contributed by atoms with Crippen LogP contribution in [0.1, 0.15) is 53.4 Å². The van der Waals surface area contributed by atoms with Crippen LogP contribution in [0.25, 0.3) is 0 Å². The van der Waals surface area contributed by atoms with Crippen LogP contribution in [0.3, 0.4) is 0 Å². The first-order chi connectivity index (χ1) is 13.7. The van der Waals surface area contributed by atoms with Gasteiger partial charge in [0.05, 0.1) is 25.2 Å². The highest BCUT2D eigenvalue weighted by Gasteiger charge is 2.33. The number of hydrogen-bond acceptors (Lipinski definition) is 7. The second-order valence-electron chi connectivity index (χ2n) is 8.37. The highest BCUT2D eigenvalue weighted by molar-refractivity contribution is 6.08. The Morgan fingerprint density at radius 3 is 2.40 bits per heavy atom. The van der Waals surface area contributed by atoms with E-state index < -0.39 is 35.7 Å². The van der Waals surface area contributed by atoms with Gasteiger partial charge in [0, 0.05) is 24.3 Å². The van der Waals surface area contributed by atoms with Gasteiger partial charge < -0.3 is 20.2 Å². The molecular formula is C19H32F3N3O5. The fourth-order valence-electron chi connectivity index (χ4n) is 2.57. The van der Waals surface area contributed by atoms with Crippen molar-refractivity contribution in [3.8, 4) is 0 Å². The molecule has 1 fully saturated rings. The summed E-state index contributed by atoms with van der Waals surface area (Å²) in [5, 5.41) is 13.0. The number of carbonyl (C=O) groups is 2. The second-order valence-corrected chi connectivity index (χ2v) is 8.37. The van der Waals surface area contributed by atoms with E-state index in [-0.39, 0.29) is 31.6 Å². The van der Waals surface area contributed by atoms with Crippen molar-refractivity contribution in [2.75, 3.05) is 26.4 Å². The van der Waals surface area contributed by atoms with Crippen molar-refractivity contribution in [2.45, 2.75) is 71.6 Å². The molecule has 3 N–H and O–H groups in total. The van der Waals surface area contributed by atoms with E-state index >= 15 is 0 Å². The molecule has 8 nitrogen and oxygen atoms in total. The second kappa shape index (κ2) is 11.2. The molecule has 0 aromatic heterocycles. The average molecular weight is 439 g/mol. The van der Waals surface area contributed by atoms with Gasteiger partial charge in [0.15, 0.2) is 6.29 Å². The van der Waals surface area contributed by atoms with Crippen LogP contribution in [0.2, 0.25) is 0 Å². The predicted octanol–water partition coefficient (Wildman–Crippen LogP) is 2.51. The monoisotopic (exact) mass is 439 g/mol. The lowest BCUT2D eigenvalue weighted by Crippen LogP contribution is -2.55. The lowest BCUT2D eigenvalue weighted by Gasteiger charge is -2.30. The van der Waals surface area contributed by atoms with Crippen molar-refractivity contribution < 1.29 is 37.0 Å². The van der Waals surface area contributed by atoms with Gasteiger partial charge in [-0.3, -0.25) is 19.6 Å². The number of ether oxygens (including phenoxy) is 3. The van der Waals surface area contributed by atoms with Crippen molar-refractivity contribution >= 4 is 17.5 Å². The Kier molecular flexibility index (Phi) is 9.86. The minimum Gasteiger partial charge on any atom is -0.353 e. The molecule has 0 aromatic rings. The Balaban J connectivity index is 2.42. The number of alkyl halides is 3. The molecular weight excluding hydrogens is 407 g/mol. The van der Waals surface area contributed by atoms with Crippen LogP contribution >= 0.6 is 0 Å². The van der Waals surface area contributed by atoms with E-state index in [1.54, 1.807) is 13.8 Å². The summed E-state index contributed by atoms with van der Waals surface area (Å²) in [5.74, 6) is -1.38. The van der Waals surface area contributed by atoms with Crippen molar-refractivity contribution in [1.82, 2.24) is 10.6 Å². The molecule has 0 saturated carbocycles. The molecule has 1 atom stereocenters. The molecule has 0 aromatic carbocycles. The molecule has 0 radical (unpaired) electrons. The fraction of sp³-hybridized carbons (Fsp3) is 0.842. The summed E-state index contributed by atoms with van der Waals surface area (Å²) in [4.78, 5) is 24.4. The SMILES string of the molecule is CC(C)(COC1CCCCO1)C(=N)CC(=O)NC(=O)C(C)(C)NCCOC(F)(F)F. The molecule has 0 aliphatic carbocycles. The average Bonchev–Trinajstić information content (AvgIpc) is 2.63. The van der Waals surface area contributed by atoms with E-state index in [0.29, 0.717) is 6.61 Å². The number of halogens is 3. The first kappa shape index (κ1) is 26.5.